The van der Waals surface area contributed by atoms with Crippen molar-refractivity contribution in [1.29, 1.82) is 0 Å². The van der Waals surface area contributed by atoms with Gasteiger partial charge in [-0.25, -0.2) is 9.59 Å². The van der Waals surface area contributed by atoms with Crippen molar-refractivity contribution in [2.45, 2.75) is 38.8 Å². The van der Waals surface area contributed by atoms with E-state index < -0.39 is 23.0 Å². The van der Waals surface area contributed by atoms with Gasteiger partial charge in [0.05, 0.1) is 11.1 Å². The molecule has 6 heteroatoms. The second kappa shape index (κ2) is 7.96. The first kappa shape index (κ1) is 23.8. The first-order valence-corrected chi connectivity index (χ1v) is 12.5. The Morgan fingerprint density at radius 2 is 1.03 bits per heavy atom. The largest absolute Gasteiger partial charge is 0.418 e. The SMILES string of the molecule is C=CC(C)(C)n1cc(C2=C3OC(=O)C(c4cn(C(C)(C)C=C)c5ccccc45)=C3OC2=O)c2ccccc21. The molecule has 2 aromatic carbocycles. The Labute approximate surface area is 220 Å². The summed E-state index contributed by atoms with van der Waals surface area (Å²) in [6, 6.07) is 15.6. The lowest BCUT2D eigenvalue weighted by molar-refractivity contribution is -0.131. The van der Waals surface area contributed by atoms with Crippen LogP contribution in [0.5, 0.6) is 0 Å². The third kappa shape index (κ3) is 3.19. The van der Waals surface area contributed by atoms with Gasteiger partial charge in [0, 0.05) is 45.3 Å². The maximum atomic E-state index is 13.4. The zero-order valence-corrected chi connectivity index (χ0v) is 21.9. The first-order valence-electron chi connectivity index (χ1n) is 12.5. The maximum absolute atomic E-state index is 13.4. The van der Waals surface area contributed by atoms with E-state index in [2.05, 4.69) is 22.3 Å². The number of nitrogens with zero attached hydrogens (tertiary/aromatic N) is 2. The number of fused-ring (bicyclic) bond motifs is 3. The number of aromatic nitrogens is 2. The fourth-order valence-electron chi connectivity index (χ4n) is 5.27. The van der Waals surface area contributed by atoms with Crippen LogP contribution in [0.1, 0.15) is 38.8 Å². The van der Waals surface area contributed by atoms with Crippen molar-refractivity contribution in [1.82, 2.24) is 9.13 Å². The van der Waals surface area contributed by atoms with Crippen LogP contribution in [0.2, 0.25) is 0 Å². The van der Waals surface area contributed by atoms with E-state index >= 15 is 0 Å². The highest BCUT2D eigenvalue weighted by Gasteiger charge is 2.45. The molecule has 4 heterocycles. The van der Waals surface area contributed by atoms with Gasteiger partial charge in [-0.2, -0.15) is 0 Å². The molecule has 0 bridgehead atoms. The number of carbonyl (C=O) groups is 2. The number of ether oxygens (including phenoxy) is 2. The van der Waals surface area contributed by atoms with E-state index in [0.717, 1.165) is 21.8 Å². The lowest BCUT2D eigenvalue weighted by Gasteiger charge is -2.23. The summed E-state index contributed by atoms with van der Waals surface area (Å²) in [4.78, 5) is 26.7. The Balaban J connectivity index is 1.61. The van der Waals surface area contributed by atoms with Gasteiger partial charge in [-0.15, -0.1) is 13.2 Å². The highest BCUT2D eigenvalue weighted by molar-refractivity contribution is 6.31. The monoisotopic (exact) mass is 504 g/mol. The van der Waals surface area contributed by atoms with Crippen molar-refractivity contribution in [2.75, 3.05) is 0 Å². The van der Waals surface area contributed by atoms with Gasteiger partial charge in [0.25, 0.3) is 0 Å². The molecular weight excluding hydrogens is 476 g/mol. The average Bonchev–Trinajstić information content (AvgIpc) is 3.63. The maximum Gasteiger partial charge on any atom is 0.348 e. The molecular formula is C32H28N2O4. The normalized spacial score (nSPS) is 15.9. The summed E-state index contributed by atoms with van der Waals surface area (Å²) in [6.07, 6.45) is 7.52. The third-order valence-corrected chi connectivity index (χ3v) is 7.66. The molecule has 2 aromatic heterocycles. The van der Waals surface area contributed by atoms with Crippen LogP contribution in [0.3, 0.4) is 0 Å². The molecule has 0 N–H and O–H groups in total. The van der Waals surface area contributed by atoms with E-state index in [4.69, 9.17) is 9.47 Å². The molecule has 2 aliphatic heterocycles. The number of allylic oxidation sites excluding steroid dienone is 2. The summed E-state index contributed by atoms with van der Waals surface area (Å²) in [6.45, 7) is 16.1. The zero-order valence-electron chi connectivity index (χ0n) is 21.9. The van der Waals surface area contributed by atoms with E-state index in [1.54, 1.807) is 0 Å². The Morgan fingerprint density at radius 3 is 1.39 bits per heavy atom. The van der Waals surface area contributed by atoms with Gasteiger partial charge < -0.3 is 18.6 Å². The van der Waals surface area contributed by atoms with Gasteiger partial charge in [-0.1, -0.05) is 48.6 Å². The average molecular weight is 505 g/mol. The number of para-hydroxylation sites is 2. The van der Waals surface area contributed by atoms with Crippen LogP contribution in [0.15, 0.2) is 97.8 Å². The quantitative estimate of drug-likeness (QED) is 0.217. The van der Waals surface area contributed by atoms with Gasteiger partial charge in [0.2, 0.25) is 0 Å². The van der Waals surface area contributed by atoms with E-state index in [-0.39, 0.29) is 22.7 Å². The minimum atomic E-state index is -0.547. The highest BCUT2D eigenvalue weighted by atomic mass is 16.6. The van der Waals surface area contributed by atoms with Crippen LogP contribution >= 0.6 is 0 Å². The van der Waals surface area contributed by atoms with Crippen LogP contribution in [0.25, 0.3) is 33.0 Å². The summed E-state index contributed by atoms with van der Waals surface area (Å²) in [5, 5.41) is 1.72. The minimum absolute atomic E-state index is 0.161. The number of benzene rings is 2. The van der Waals surface area contributed by atoms with Crippen LogP contribution in [-0.4, -0.2) is 21.1 Å². The summed E-state index contributed by atoms with van der Waals surface area (Å²) < 4.78 is 15.7. The van der Waals surface area contributed by atoms with Gasteiger partial charge in [-0.3, -0.25) is 0 Å². The molecule has 0 saturated heterocycles. The topological polar surface area (TPSA) is 62.5 Å². The second-order valence-corrected chi connectivity index (χ2v) is 10.8. The van der Waals surface area contributed by atoms with Crippen molar-refractivity contribution >= 4 is 44.9 Å². The summed E-state index contributed by atoms with van der Waals surface area (Å²) in [5.41, 5.74) is 2.82. The predicted octanol–water partition coefficient (Wildman–Crippen LogP) is 6.67. The Bertz CT molecular complexity index is 1660. The number of hydrogen-bond donors (Lipinski definition) is 0. The second-order valence-electron chi connectivity index (χ2n) is 10.8. The lowest BCUT2D eigenvalue weighted by Crippen LogP contribution is -2.22. The van der Waals surface area contributed by atoms with Gasteiger partial charge >= 0.3 is 11.9 Å². The first-order chi connectivity index (χ1) is 18.1. The van der Waals surface area contributed by atoms with Crippen molar-refractivity contribution in [3.8, 4) is 0 Å². The number of hydrogen-bond acceptors (Lipinski definition) is 4. The molecule has 2 aliphatic rings. The highest BCUT2D eigenvalue weighted by Crippen LogP contribution is 2.47. The summed E-state index contributed by atoms with van der Waals surface area (Å²) in [7, 11) is 0. The smallest absolute Gasteiger partial charge is 0.348 e. The van der Waals surface area contributed by atoms with Crippen molar-refractivity contribution in [2.24, 2.45) is 0 Å². The molecule has 6 nitrogen and oxygen atoms in total. The van der Waals surface area contributed by atoms with Crippen LogP contribution in [-0.2, 0) is 30.1 Å². The molecule has 38 heavy (non-hydrogen) atoms. The van der Waals surface area contributed by atoms with Crippen molar-refractivity contribution in [3.63, 3.8) is 0 Å². The predicted molar refractivity (Wildman–Crippen MR) is 149 cm³/mol. The van der Waals surface area contributed by atoms with Crippen LogP contribution < -0.4 is 0 Å². The zero-order chi connectivity index (χ0) is 27.0. The molecule has 0 amide bonds. The molecule has 0 aliphatic carbocycles. The third-order valence-electron chi connectivity index (χ3n) is 7.66. The molecule has 6 rings (SSSR count). The number of rotatable bonds is 6. The van der Waals surface area contributed by atoms with E-state index in [1.165, 1.54) is 0 Å². The molecule has 0 spiro atoms. The van der Waals surface area contributed by atoms with Gasteiger partial charge in [-0.05, 0) is 39.8 Å². The standard InChI is InChI=1S/C32H28N2O4/c1-7-31(3,4)33-17-21(19-13-9-11-15-23(19)33)25-27-28(38-29(25)35)26(30(36)37-27)22-18-34(32(5,6)8-2)24-16-12-10-14-20(22)24/h7-18H,1-2H2,3-6H3. The van der Waals surface area contributed by atoms with Crippen molar-refractivity contribution < 1.29 is 19.1 Å². The Kier molecular flexibility index (Phi) is 4.98. The molecule has 0 atom stereocenters. The lowest BCUT2D eigenvalue weighted by atomic mass is 10.0. The van der Waals surface area contributed by atoms with Crippen molar-refractivity contribution in [3.05, 3.63) is 109 Å². The fraction of sp³-hybridized carbons (Fsp3) is 0.188. The number of esters is 2. The van der Waals surface area contributed by atoms with Gasteiger partial charge in [0.15, 0.2) is 11.5 Å². The van der Waals surface area contributed by atoms with E-state index in [9.17, 15) is 9.59 Å². The fourth-order valence-corrected chi connectivity index (χ4v) is 5.27. The summed E-state index contributed by atoms with van der Waals surface area (Å²) >= 11 is 0. The molecule has 0 saturated carbocycles. The number of carbonyl (C=O) groups excluding carboxylic acids is 2. The minimum Gasteiger partial charge on any atom is -0.418 e. The Hall–Kier alpha value is -4.58. The van der Waals surface area contributed by atoms with Gasteiger partial charge in [0.1, 0.15) is 11.1 Å². The molecule has 190 valence electrons. The summed E-state index contributed by atoms with van der Waals surface area (Å²) in [5.74, 6) is -0.771. The van der Waals surface area contributed by atoms with E-state index in [1.807, 2.05) is 101 Å². The molecule has 0 unspecified atom stereocenters. The molecule has 0 radical (unpaired) electrons. The molecule has 0 fully saturated rings. The van der Waals surface area contributed by atoms with Crippen LogP contribution in [0.4, 0.5) is 0 Å². The Morgan fingerprint density at radius 1 is 0.658 bits per heavy atom. The molecule has 4 aromatic rings. The van der Waals surface area contributed by atoms with Crippen LogP contribution in [0, 0.1) is 0 Å². The van der Waals surface area contributed by atoms with E-state index in [0.29, 0.717) is 11.1 Å².